The van der Waals surface area contributed by atoms with Crippen molar-refractivity contribution in [1.29, 1.82) is 15.8 Å². The first-order valence-electron chi connectivity index (χ1n) is 22.3. The zero-order chi connectivity index (χ0) is 52.3. The van der Waals surface area contributed by atoms with Crippen LogP contribution in [0.3, 0.4) is 0 Å². The SMILES string of the molecule is CC(C)(C)CC(=O)CS(=O)(=O)c1cc(C#N)ccc1Oc1cccc(-c2ccc(C#N)cc2)c1.CN(C)C(=O)c1ccc(-c2cccc(Oc3ccc(C#N)cc3S(=O)(=O)CC(=O)CC(C)(C)C)c2)cc1. The second-order valence-electron chi connectivity index (χ2n) is 19.3. The molecule has 71 heavy (non-hydrogen) atoms. The fourth-order valence-electron chi connectivity index (χ4n) is 7.21. The fraction of sp³-hybridized carbons (Fsp3) is 0.250. The van der Waals surface area contributed by atoms with Crippen LogP contribution in [0.1, 0.15) is 81.4 Å². The summed E-state index contributed by atoms with van der Waals surface area (Å²) in [6.45, 7) is 11.2. The second kappa shape index (κ2) is 22.7. The van der Waals surface area contributed by atoms with Crippen LogP contribution in [-0.2, 0) is 29.3 Å². The fourth-order valence-corrected chi connectivity index (χ4v) is 10.0. The highest BCUT2D eigenvalue weighted by atomic mass is 32.2. The van der Waals surface area contributed by atoms with Crippen LogP contribution in [0.15, 0.2) is 143 Å². The van der Waals surface area contributed by atoms with Gasteiger partial charge in [0.1, 0.15) is 55.9 Å². The monoisotopic (exact) mass is 990 g/mol. The van der Waals surface area contributed by atoms with Crippen molar-refractivity contribution in [3.63, 3.8) is 0 Å². The Hall–Kier alpha value is -7.90. The van der Waals surface area contributed by atoms with Gasteiger partial charge in [-0.1, -0.05) is 90.1 Å². The average Bonchev–Trinajstić information content (AvgIpc) is 3.30. The Kier molecular flexibility index (Phi) is 17.3. The van der Waals surface area contributed by atoms with E-state index in [9.17, 15) is 41.7 Å². The van der Waals surface area contributed by atoms with E-state index < -0.39 is 42.7 Å². The maximum Gasteiger partial charge on any atom is 0.253 e. The minimum absolute atomic E-state index is 0.0339. The molecule has 0 radical (unpaired) electrons. The molecule has 0 bridgehead atoms. The smallest absolute Gasteiger partial charge is 0.253 e. The van der Waals surface area contributed by atoms with Crippen LogP contribution >= 0.6 is 0 Å². The van der Waals surface area contributed by atoms with E-state index in [1.165, 1.54) is 41.3 Å². The molecule has 6 aromatic rings. The molecule has 0 aliphatic rings. The van der Waals surface area contributed by atoms with Gasteiger partial charge in [0.2, 0.25) is 0 Å². The Morgan fingerprint density at radius 2 is 0.859 bits per heavy atom. The zero-order valence-electron chi connectivity index (χ0n) is 40.8. The van der Waals surface area contributed by atoms with Gasteiger partial charge >= 0.3 is 0 Å². The minimum atomic E-state index is -4.06. The van der Waals surface area contributed by atoms with Crippen molar-refractivity contribution in [1.82, 2.24) is 4.90 Å². The van der Waals surface area contributed by atoms with Gasteiger partial charge in [0.15, 0.2) is 19.7 Å². The first-order chi connectivity index (χ1) is 33.3. The van der Waals surface area contributed by atoms with E-state index in [-0.39, 0.29) is 62.0 Å². The molecule has 0 spiro atoms. The number of Topliss-reactive ketones (excluding diaryl/α,β-unsaturated/α-hetero) is 2. The van der Waals surface area contributed by atoms with Gasteiger partial charge in [0.05, 0.1) is 34.9 Å². The third kappa shape index (κ3) is 15.6. The molecule has 0 unspecified atom stereocenters. The van der Waals surface area contributed by atoms with E-state index in [0.717, 1.165) is 22.3 Å². The predicted molar refractivity (Wildman–Crippen MR) is 271 cm³/mol. The number of nitrogens with zero attached hydrogens (tertiary/aromatic N) is 4. The van der Waals surface area contributed by atoms with Crippen LogP contribution in [0.5, 0.6) is 23.0 Å². The van der Waals surface area contributed by atoms with Crippen LogP contribution in [0.25, 0.3) is 22.3 Å². The summed E-state index contributed by atoms with van der Waals surface area (Å²) in [5.74, 6) is -1.39. The highest BCUT2D eigenvalue weighted by Crippen LogP contribution is 2.35. The Labute approximate surface area is 416 Å². The van der Waals surface area contributed by atoms with Gasteiger partial charge < -0.3 is 14.4 Å². The van der Waals surface area contributed by atoms with Crippen molar-refractivity contribution >= 4 is 37.1 Å². The van der Waals surface area contributed by atoms with Crippen LogP contribution in [0, 0.1) is 44.8 Å². The summed E-state index contributed by atoms with van der Waals surface area (Å²) in [7, 11) is -4.72. The Balaban J connectivity index is 0.000000265. The number of sulfone groups is 2. The largest absolute Gasteiger partial charge is 0.456 e. The average molecular weight is 991 g/mol. The lowest BCUT2D eigenvalue weighted by Crippen LogP contribution is -2.21. The zero-order valence-corrected chi connectivity index (χ0v) is 42.4. The van der Waals surface area contributed by atoms with Gasteiger partial charge in [-0.2, -0.15) is 15.8 Å². The van der Waals surface area contributed by atoms with Gasteiger partial charge in [-0.25, -0.2) is 16.8 Å². The minimum Gasteiger partial charge on any atom is -0.456 e. The molecular weight excluding hydrogens is 937 g/mol. The normalized spacial score (nSPS) is 11.4. The molecule has 0 saturated heterocycles. The molecule has 364 valence electrons. The maximum absolute atomic E-state index is 13.2. The highest BCUT2D eigenvalue weighted by Gasteiger charge is 2.29. The number of hydrogen-bond acceptors (Lipinski definition) is 12. The van der Waals surface area contributed by atoms with E-state index in [0.29, 0.717) is 22.6 Å². The van der Waals surface area contributed by atoms with E-state index in [1.54, 1.807) is 74.8 Å². The lowest BCUT2D eigenvalue weighted by atomic mass is 9.90. The third-order valence-electron chi connectivity index (χ3n) is 10.3. The van der Waals surface area contributed by atoms with Crippen molar-refractivity contribution in [2.24, 2.45) is 10.8 Å². The standard InChI is InChI=1S/C29H30N2O5S.C27H24N2O4S/c1-29(2,3)17-24(32)19-37(34,35)27-15-20(18-30)9-14-26(27)36-25-8-6-7-23(16-25)21-10-12-22(13-11-21)28(33)31(4)5;1-27(2,3)15-23(30)18-34(31,32)26-13-20(17-29)9-12-25(26)33-24-6-4-5-22(14-24)21-10-7-19(16-28)8-11-21/h6-16H,17,19H2,1-5H3;4-14H,15,18H2,1-3H3. The lowest BCUT2D eigenvalue weighted by Gasteiger charge is -2.17. The molecule has 0 fully saturated rings. The molecule has 15 heteroatoms. The first-order valence-corrected chi connectivity index (χ1v) is 25.6. The van der Waals surface area contributed by atoms with E-state index >= 15 is 0 Å². The van der Waals surface area contributed by atoms with Gasteiger partial charge in [0.25, 0.3) is 5.91 Å². The summed E-state index contributed by atoms with van der Waals surface area (Å²) in [6, 6.07) is 42.6. The quantitative estimate of drug-likeness (QED) is 0.0940. The molecule has 0 N–H and O–H groups in total. The molecule has 0 saturated carbocycles. The van der Waals surface area contributed by atoms with Gasteiger partial charge in [-0.3, -0.25) is 14.4 Å². The van der Waals surface area contributed by atoms with Crippen molar-refractivity contribution in [2.45, 2.75) is 64.2 Å². The summed E-state index contributed by atoms with van der Waals surface area (Å²) < 4.78 is 64.5. The predicted octanol–water partition coefficient (Wildman–Crippen LogP) is 11.2. The van der Waals surface area contributed by atoms with Gasteiger partial charge in [-0.15, -0.1) is 0 Å². The summed E-state index contributed by atoms with van der Waals surface area (Å²) >= 11 is 0. The molecule has 13 nitrogen and oxygen atoms in total. The number of rotatable bonds is 15. The molecule has 0 heterocycles. The number of nitriles is 3. The van der Waals surface area contributed by atoms with Crippen LogP contribution < -0.4 is 9.47 Å². The summed E-state index contributed by atoms with van der Waals surface area (Å²) in [5.41, 5.74) is 4.06. The summed E-state index contributed by atoms with van der Waals surface area (Å²) in [4.78, 5) is 38.1. The molecular formula is C56H54N4O9S2. The molecule has 0 atom stereocenters. The van der Waals surface area contributed by atoms with Crippen LogP contribution in [-0.4, -0.2) is 64.8 Å². The molecule has 0 aliphatic carbocycles. The maximum atomic E-state index is 13.2. The number of carbonyl (C=O) groups is 3. The first kappa shape index (κ1) is 54.0. The van der Waals surface area contributed by atoms with Crippen molar-refractivity contribution in [2.75, 3.05) is 25.6 Å². The molecule has 0 aliphatic heterocycles. The number of hydrogen-bond donors (Lipinski definition) is 0. The third-order valence-corrected chi connectivity index (χ3v) is 13.7. The topological polar surface area (TPSA) is 213 Å². The number of amides is 1. The van der Waals surface area contributed by atoms with Gasteiger partial charge in [0, 0.05) is 32.5 Å². The Bertz CT molecular complexity index is 3310. The Morgan fingerprint density at radius 1 is 0.493 bits per heavy atom. The molecule has 6 rings (SSSR count). The molecule has 6 aromatic carbocycles. The summed E-state index contributed by atoms with van der Waals surface area (Å²) in [6.07, 6.45) is 0.230. The van der Waals surface area contributed by atoms with E-state index in [4.69, 9.17) is 14.7 Å². The number of ether oxygens (including phenoxy) is 2. The lowest BCUT2D eigenvalue weighted by molar-refractivity contribution is -0.119. The van der Waals surface area contributed by atoms with Crippen molar-refractivity contribution in [3.05, 3.63) is 156 Å². The summed E-state index contributed by atoms with van der Waals surface area (Å²) in [5, 5.41) is 27.6. The number of ketones is 2. The van der Waals surface area contributed by atoms with Gasteiger partial charge in [-0.05, 0) is 118 Å². The van der Waals surface area contributed by atoms with Crippen LogP contribution in [0.4, 0.5) is 0 Å². The number of carbonyl (C=O) groups excluding carboxylic acids is 3. The molecule has 0 aromatic heterocycles. The van der Waals surface area contributed by atoms with Crippen LogP contribution in [0.2, 0.25) is 0 Å². The van der Waals surface area contributed by atoms with E-state index in [2.05, 4.69) is 6.07 Å². The van der Waals surface area contributed by atoms with E-state index in [1.807, 2.05) is 90.1 Å². The van der Waals surface area contributed by atoms with Crippen molar-refractivity contribution < 1.29 is 40.7 Å². The highest BCUT2D eigenvalue weighted by molar-refractivity contribution is 7.92. The van der Waals surface area contributed by atoms with Crippen molar-refractivity contribution in [3.8, 4) is 63.5 Å². The molecule has 1 amide bonds. The second-order valence-corrected chi connectivity index (χ2v) is 23.3. The Morgan fingerprint density at radius 3 is 1.21 bits per heavy atom. The number of benzene rings is 6.